The highest BCUT2D eigenvalue weighted by Crippen LogP contribution is 2.39. The molecule has 0 bridgehead atoms. The fourth-order valence-electron chi connectivity index (χ4n) is 8.66. The van der Waals surface area contributed by atoms with Gasteiger partial charge < -0.3 is 20.4 Å². The summed E-state index contributed by atoms with van der Waals surface area (Å²) in [6.45, 7) is 3.95. The number of nitrogens with zero attached hydrogens (tertiary/aromatic N) is 6. The number of anilines is 1. The summed E-state index contributed by atoms with van der Waals surface area (Å²) in [5.74, 6) is -0.0267. The van der Waals surface area contributed by atoms with E-state index in [1.807, 2.05) is 17.9 Å². The summed E-state index contributed by atoms with van der Waals surface area (Å²) in [5.41, 5.74) is 4.98. The molecule has 2 aromatic heterocycles. The number of likely N-dealkylation sites (tertiary alicyclic amines) is 1. The molecule has 2 saturated heterocycles. The largest absolute Gasteiger partial charge is 0.351 e. The van der Waals surface area contributed by atoms with Crippen molar-refractivity contribution in [1.29, 1.82) is 0 Å². The number of imide groups is 1. The number of halogens is 2. The zero-order valence-corrected chi connectivity index (χ0v) is 30.4. The van der Waals surface area contributed by atoms with Crippen LogP contribution in [0.4, 0.5) is 10.3 Å². The second kappa shape index (κ2) is 14.8. The predicted octanol–water partition coefficient (Wildman–Crippen LogP) is 4.58. The van der Waals surface area contributed by atoms with Crippen molar-refractivity contribution in [3.63, 3.8) is 0 Å². The molecular formula is C38H47ClFN9O3. The molecule has 4 fully saturated rings. The van der Waals surface area contributed by atoms with Gasteiger partial charge in [-0.15, -0.1) is 0 Å². The van der Waals surface area contributed by atoms with Gasteiger partial charge in [-0.2, -0.15) is 5.10 Å². The van der Waals surface area contributed by atoms with Crippen LogP contribution >= 0.6 is 11.6 Å². The molecule has 2 aliphatic carbocycles. The Bertz CT molecular complexity index is 1850. The number of hydrogen-bond donors (Lipinski definition) is 3. The number of carbonyl (C=O) groups is 3. The van der Waals surface area contributed by atoms with E-state index >= 15 is 0 Å². The number of carbonyl (C=O) groups excluding carboxylic acids is 3. The van der Waals surface area contributed by atoms with Crippen LogP contribution < -0.4 is 16.0 Å². The molecule has 14 heteroatoms. The van der Waals surface area contributed by atoms with Crippen molar-refractivity contribution in [3.05, 3.63) is 57.8 Å². The van der Waals surface area contributed by atoms with Crippen molar-refractivity contribution < 1.29 is 18.8 Å². The average Bonchev–Trinajstić information content (AvgIpc) is 3.81. The summed E-state index contributed by atoms with van der Waals surface area (Å²) in [4.78, 5) is 50.8. The van der Waals surface area contributed by atoms with E-state index in [0.29, 0.717) is 35.0 Å². The molecule has 1 atom stereocenters. The van der Waals surface area contributed by atoms with Gasteiger partial charge in [-0.1, -0.05) is 11.6 Å². The fraction of sp³-hybridized carbons (Fsp3) is 0.579. The molecule has 3 aliphatic heterocycles. The topological polar surface area (TPSA) is 137 Å². The fourth-order valence-corrected chi connectivity index (χ4v) is 8.85. The first-order chi connectivity index (χ1) is 25.2. The van der Waals surface area contributed by atoms with Crippen LogP contribution in [0.15, 0.2) is 24.5 Å². The number of nitrogens with one attached hydrogen (secondary N) is 3. The SMILES string of the molecule is Cn1ncc(-c2nc(NC3CCC(NCCN4CCC(c5cc(F)cc6c5CN(C5CCC(=O)NC5=O)C6=O)CC4)CC3)ncc2Cl)c1CC1CC1. The molecule has 52 heavy (non-hydrogen) atoms. The Morgan fingerprint density at radius 1 is 0.962 bits per heavy atom. The van der Waals surface area contributed by atoms with Gasteiger partial charge in [0.15, 0.2) is 0 Å². The molecule has 1 aromatic carbocycles. The lowest BCUT2D eigenvalue weighted by atomic mass is 9.85. The monoisotopic (exact) mass is 731 g/mol. The molecule has 5 aliphatic rings. The van der Waals surface area contributed by atoms with Crippen LogP contribution in [-0.4, -0.2) is 91.6 Å². The van der Waals surface area contributed by atoms with Gasteiger partial charge in [-0.05, 0) is 112 Å². The van der Waals surface area contributed by atoms with Gasteiger partial charge in [0, 0.05) is 62.0 Å². The minimum absolute atomic E-state index is 0.154. The predicted molar refractivity (Wildman–Crippen MR) is 194 cm³/mol. The molecule has 8 rings (SSSR count). The summed E-state index contributed by atoms with van der Waals surface area (Å²) in [6.07, 6.45) is 13.6. The zero-order valence-electron chi connectivity index (χ0n) is 29.7. The number of benzene rings is 1. The van der Waals surface area contributed by atoms with Gasteiger partial charge in [-0.3, -0.25) is 24.4 Å². The van der Waals surface area contributed by atoms with Crippen LogP contribution in [-0.2, 0) is 29.6 Å². The molecule has 12 nitrogen and oxygen atoms in total. The molecule has 1 unspecified atom stereocenters. The van der Waals surface area contributed by atoms with Crippen LogP contribution in [0.2, 0.25) is 5.02 Å². The maximum absolute atomic E-state index is 14.8. The zero-order chi connectivity index (χ0) is 35.9. The van der Waals surface area contributed by atoms with E-state index in [1.165, 1.54) is 29.5 Å². The number of fused-ring (bicyclic) bond motifs is 1. The summed E-state index contributed by atoms with van der Waals surface area (Å²) >= 11 is 6.59. The van der Waals surface area contributed by atoms with E-state index in [4.69, 9.17) is 16.6 Å². The second-order valence-electron chi connectivity index (χ2n) is 15.4. The van der Waals surface area contributed by atoms with Gasteiger partial charge in [0.1, 0.15) is 11.9 Å². The highest BCUT2D eigenvalue weighted by molar-refractivity contribution is 6.33. The first-order valence-electron chi connectivity index (χ1n) is 18.9. The van der Waals surface area contributed by atoms with Crippen LogP contribution in [0, 0.1) is 11.7 Å². The number of hydrogen-bond acceptors (Lipinski definition) is 9. The maximum Gasteiger partial charge on any atom is 0.255 e. The molecule has 2 saturated carbocycles. The number of aromatic nitrogens is 4. The average molecular weight is 732 g/mol. The highest BCUT2D eigenvalue weighted by Gasteiger charge is 2.41. The van der Waals surface area contributed by atoms with Crippen LogP contribution in [0.25, 0.3) is 11.3 Å². The molecule has 3 N–H and O–H groups in total. The Morgan fingerprint density at radius 2 is 1.73 bits per heavy atom. The molecule has 0 spiro atoms. The van der Waals surface area contributed by atoms with Crippen LogP contribution in [0.5, 0.6) is 0 Å². The molecular weight excluding hydrogens is 685 g/mol. The Labute approximate surface area is 308 Å². The number of piperidine rings is 2. The first-order valence-corrected chi connectivity index (χ1v) is 19.3. The molecule has 5 heterocycles. The van der Waals surface area contributed by atoms with Crippen molar-refractivity contribution in [2.45, 2.75) is 101 Å². The summed E-state index contributed by atoms with van der Waals surface area (Å²) < 4.78 is 16.8. The van der Waals surface area contributed by atoms with E-state index in [1.54, 1.807) is 12.3 Å². The van der Waals surface area contributed by atoms with E-state index in [-0.39, 0.29) is 30.7 Å². The van der Waals surface area contributed by atoms with E-state index < -0.39 is 17.8 Å². The highest BCUT2D eigenvalue weighted by atomic mass is 35.5. The van der Waals surface area contributed by atoms with Gasteiger partial charge in [0.05, 0.1) is 23.1 Å². The van der Waals surface area contributed by atoms with Crippen molar-refractivity contribution in [1.82, 2.24) is 40.2 Å². The van der Waals surface area contributed by atoms with Crippen LogP contribution in [0.3, 0.4) is 0 Å². The first kappa shape index (κ1) is 35.1. The lowest BCUT2D eigenvalue weighted by Crippen LogP contribution is -2.52. The lowest BCUT2D eigenvalue weighted by molar-refractivity contribution is -0.136. The van der Waals surface area contributed by atoms with E-state index in [0.717, 1.165) is 99.4 Å². The summed E-state index contributed by atoms with van der Waals surface area (Å²) in [7, 11) is 1.98. The van der Waals surface area contributed by atoms with Crippen molar-refractivity contribution in [3.8, 4) is 11.3 Å². The van der Waals surface area contributed by atoms with Crippen molar-refractivity contribution in [2.24, 2.45) is 13.0 Å². The van der Waals surface area contributed by atoms with E-state index in [9.17, 15) is 18.8 Å². The molecule has 276 valence electrons. The van der Waals surface area contributed by atoms with Gasteiger partial charge in [0.2, 0.25) is 17.8 Å². The standard InChI is InChI=1S/C38H47ClFN9O3/c1-47-33(16-22-2-3-22)29(19-43-47)35-31(39)20-42-38(46-35)44-26-6-4-25(5-7-26)41-12-15-48-13-10-23(11-14-48)27-17-24(40)18-28-30(27)21-49(37(28)52)32-8-9-34(50)45-36(32)51/h17-20,22-23,25-26,32,41H,2-16,21H2,1H3,(H,42,44,46)(H,45,50,51). The van der Waals surface area contributed by atoms with Crippen molar-refractivity contribution >= 4 is 35.3 Å². The smallest absolute Gasteiger partial charge is 0.255 e. The maximum atomic E-state index is 14.8. The minimum atomic E-state index is -0.706. The van der Waals surface area contributed by atoms with Gasteiger partial charge in [-0.25, -0.2) is 14.4 Å². The number of aryl methyl sites for hydroxylation is 1. The Balaban J connectivity index is 0.789. The quantitative estimate of drug-likeness (QED) is 0.242. The van der Waals surface area contributed by atoms with Gasteiger partial charge in [0.25, 0.3) is 5.91 Å². The lowest BCUT2D eigenvalue weighted by Gasteiger charge is -2.34. The third-order valence-electron chi connectivity index (χ3n) is 11.8. The molecule has 0 radical (unpaired) electrons. The van der Waals surface area contributed by atoms with Crippen LogP contribution in [0.1, 0.15) is 97.3 Å². The third-order valence-corrected chi connectivity index (χ3v) is 12.1. The Morgan fingerprint density at radius 3 is 2.48 bits per heavy atom. The minimum Gasteiger partial charge on any atom is -0.351 e. The number of rotatable bonds is 11. The summed E-state index contributed by atoms with van der Waals surface area (Å²) in [6, 6.07) is 2.95. The normalized spacial score (nSPS) is 24.3. The second-order valence-corrected chi connectivity index (χ2v) is 15.8. The number of amides is 3. The molecule has 3 aromatic rings. The van der Waals surface area contributed by atoms with Gasteiger partial charge >= 0.3 is 0 Å². The summed E-state index contributed by atoms with van der Waals surface area (Å²) in [5, 5.41) is 14.7. The molecule has 3 amide bonds. The Kier molecular flexibility index (Phi) is 10.0. The van der Waals surface area contributed by atoms with E-state index in [2.05, 4.69) is 30.9 Å². The Hall–Kier alpha value is -3.94. The van der Waals surface area contributed by atoms with Crippen molar-refractivity contribution in [2.75, 3.05) is 31.5 Å². The third kappa shape index (κ3) is 7.45.